The quantitative estimate of drug-likeness (QED) is 0.833. The first-order chi connectivity index (χ1) is 10.2. The van der Waals surface area contributed by atoms with Crippen molar-refractivity contribution in [2.24, 2.45) is 0 Å². The topological polar surface area (TPSA) is 77.8 Å². The van der Waals surface area contributed by atoms with Gasteiger partial charge < -0.3 is 10.1 Å². The molecule has 0 amide bonds. The molecule has 0 saturated heterocycles. The molecule has 0 aromatic carbocycles. The fourth-order valence-corrected chi connectivity index (χ4v) is 2.22. The predicted molar refractivity (Wildman–Crippen MR) is 79.1 cm³/mol. The van der Waals surface area contributed by atoms with Crippen molar-refractivity contribution >= 4 is 0 Å². The Bertz CT molecular complexity index is 568. The van der Waals surface area contributed by atoms with Gasteiger partial charge in [-0.2, -0.15) is 5.10 Å². The highest BCUT2D eigenvalue weighted by molar-refractivity contribution is 5.17. The maximum atomic E-state index is 5.17. The molecule has 0 bridgehead atoms. The van der Waals surface area contributed by atoms with Gasteiger partial charge in [0.2, 0.25) is 5.88 Å². The van der Waals surface area contributed by atoms with Crippen LogP contribution in [0, 0.1) is 0 Å². The van der Waals surface area contributed by atoms with Crippen molar-refractivity contribution in [2.45, 2.75) is 39.3 Å². The summed E-state index contributed by atoms with van der Waals surface area (Å²) in [5.74, 6) is 1.50. The molecule has 0 fully saturated rings. The van der Waals surface area contributed by atoms with E-state index >= 15 is 0 Å². The third-order valence-corrected chi connectivity index (χ3v) is 3.20. The molecule has 0 aliphatic carbocycles. The van der Waals surface area contributed by atoms with Gasteiger partial charge in [0, 0.05) is 18.5 Å². The van der Waals surface area contributed by atoms with E-state index in [4.69, 9.17) is 4.74 Å². The summed E-state index contributed by atoms with van der Waals surface area (Å²) in [5.41, 5.74) is 0.891. The summed E-state index contributed by atoms with van der Waals surface area (Å²) in [6.45, 7) is 7.09. The summed E-state index contributed by atoms with van der Waals surface area (Å²) in [5, 5.41) is 7.70. The van der Waals surface area contributed by atoms with Crippen LogP contribution < -0.4 is 10.1 Å². The number of ether oxygens (including phenoxy) is 1. The third kappa shape index (κ3) is 3.75. The Morgan fingerprint density at radius 1 is 1.24 bits per heavy atom. The van der Waals surface area contributed by atoms with Crippen LogP contribution in [0.2, 0.25) is 0 Å². The number of nitrogens with one attached hydrogen (secondary N) is 1. The highest BCUT2D eigenvalue weighted by atomic mass is 16.5. The number of likely N-dealkylation sites (N-methyl/N-ethyl adjacent to an activating group) is 1. The average molecular weight is 290 g/mol. The minimum Gasteiger partial charge on any atom is -0.481 e. The highest BCUT2D eigenvalue weighted by Crippen LogP contribution is 2.19. The lowest BCUT2D eigenvalue weighted by Gasteiger charge is -2.18. The molecule has 21 heavy (non-hydrogen) atoms. The molecule has 114 valence electrons. The minimum atomic E-state index is 0.0496. The van der Waals surface area contributed by atoms with E-state index in [0.29, 0.717) is 12.3 Å². The number of nitrogens with zero attached hydrogens (tertiary/aromatic N) is 5. The molecular weight excluding hydrogens is 268 g/mol. The van der Waals surface area contributed by atoms with Gasteiger partial charge >= 0.3 is 0 Å². The van der Waals surface area contributed by atoms with Gasteiger partial charge in [-0.15, -0.1) is 0 Å². The van der Waals surface area contributed by atoms with Gasteiger partial charge in [0.1, 0.15) is 18.5 Å². The zero-order valence-corrected chi connectivity index (χ0v) is 12.9. The Kier molecular flexibility index (Phi) is 5.21. The Labute approximate surface area is 124 Å². The number of hydrogen-bond donors (Lipinski definition) is 1. The second-order valence-electron chi connectivity index (χ2n) is 5.01. The molecule has 0 radical (unpaired) electrons. The summed E-state index contributed by atoms with van der Waals surface area (Å²) in [6.07, 6.45) is 3.83. The molecular formula is C14H22N6O. The highest BCUT2D eigenvalue weighted by Gasteiger charge is 2.18. The first kappa shape index (κ1) is 15.4. The number of aromatic nitrogens is 5. The maximum Gasteiger partial charge on any atom is 0.216 e. The zero-order chi connectivity index (χ0) is 15.2. The zero-order valence-electron chi connectivity index (χ0n) is 12.9. The van der Waals surface area contributed by atoms with Crippen LogP contribution in [-0.4, -0.2) is 38.4 Å². The number of hydrogen-bond acceptors (Lipinski definition) is 6. The van der Waals surface area contributed by atoms with E-state index in [1.807, 2.05) is 10.7 Å². The van der Waals surface area contributed by atoms with Gasteiger partial charge in [-0.1, -0.05) is 6.92 Å². The van der Waals surface area contributed by atoms with Gasteiger partial charge in [0.15, 0.2) is 0 Å². The van der Waals surface area contributed by atoms with Crippen molar-refractivity contribution in [3.05, 3.63) is 30.2 Å². The third-order valence-electron chi connectivity index (χ3n) is 3.20. The van der Waals surface area contributed by atoms with Crippen LogP contribution in [-0.2, 0) is 6.42 Å². The number of rotatable bonds is 7. The molecule has 2 aromatic heterocycles. The van der Waals surface area contributed by atoms with Crippen LogP contribution in [0.3, 0.4) is 0 Å². The molecule has 2 aromatic rings. The Morgan fingerprint density at radius 3 is 2.71 bits per heavy atom. The summed E-state index contributed by atoms with van der Waals surface area (Å²) in [4.78, 5) is 12.8. The van der Waals surface area contributed by atoms with Crippen molar-refractivity contribution in [1.82, 2.24) is 30.0 Å². The summed E-state index contributed by atoms with van der Waals surface area (Å²) < 4.78 is 7.10. The summed E-state index contributed by atoms with van der Waals surface area (Å²) in [7, 11) is 1.60. The molecule has 2 heterocycles. The first-order valence-corrected chi connectivity index (χ1v) is 7.13. The van der Waals surface area contributed by atoms with Crippen LogP contribution in [0.15, 0.2) is 18.7 Å². The van der Waals surface area contributed by atoms with Gasteiger partial charge in [-0.25, -0.2) is 19.6 Å². The largest absolute Gasteiger partial charge is 0.481 e. The molecule has 0 aliphatic rings. The average Bonchev–Trinajstić information content (AvgIpc) is 2.95. The second kappa shape index (κ2) is 7.12. The first-order valence-electron chi connectivity index (χ1n) is 7.13. The molecule has 7 nitrogen and oxygen atoms in total. The van der Waals surface area contributed by atoms with Gasteiger partial charge in [0.25, 0.3) is 0 Å². The lowest BCUT2D eigenvalue weighted by molar-refractivity contribution is 0.393. The van der Waals surface area contributed by atoms with Crippen LogP contribution in [0.4, 0.5) is 0 Å². The molecule has 0 aliphatic heterocycles. The van der Waals surface area contributed by atoms with E-state index in [1.54, 1.807) is 13.4 Å². The number of methoxy groups -OCH3 is 1. The van der Waals surface area contributed by atoms with Gasteiger partial charge in [0.05, 0.1) is 18.8 Å². The molecule has 0 spiro atoms. The SMILES string of the molecule is CCNC(Cc1ncnn1C(C)C)c1cc(OC)ncn1. The van der Waals surface area contributed by atoms with E-state index in [9.17, 15) is 0 Å². The van der Waals surface area contributed by atoms with E-state index in [0.717, 1.165) is 18.1 Å². The monoisotopic (exact) mass is 290 g/mol. The second-order valence-corrected chi connectivity index (χ2v) is 5.01. The van der Waals surface area contributed by atoms with E-state index in [-0.39, 0.29) is 12.1 Å². The lowest BCUT2D eigenvalue weighted by Crippen LogP contribution is -2.25. The molecule has 0 saturated carbocycles. The Morgan fingerprint density at radius 2 is 2.05 bits per heavy atom. The molecule has 1 N–H and O–H groups in total. The predicted octanol–water partition coefficient (Wildman–Crippen LogP) is 1.55. The normalized spacial score (nSPS) is 12.6. The Balaban J connectivity index is 2.24. The van der Waals surface area contributed by atoms with Gasteiger partial charge in [-0.05, 0) is 20.4 Å². The molecule has 7 heteroatoms. The summed E-state index contributed by atoms with van der Waals surface area (Å²) >= 11 is 0. The fraction of sp³-hybridized carbons (Fsp3) is 0.571. The van der Waals surface area contributed by atoms with Crippen molar-refractivity contribution in [3.63, 3.8) is 0 Å². The van der Waals surface area contributed by atoms with Crippen LogP contribution in [0.5, 0.6) is 5.88 Å². The van der Waals surface area contributed by atoms with Crippen LogP contribution in [0.1, 0.15) is 44.4 Å². The van der Waals surface area contributed by atoms with E-state index < -0.39 is 0 Å². The Hall–Kier alpha value is -2.02. The minimum absolute atomic E-state index is 0.0496. The molecule has 1 unspecified atom stereocenters. The molecule has 2 rings (SSSR count). The van der Waals surface area contributed by atoms with Crippen LogP contribution >= 0.6 is 0 Å². The lowest BCUT2D eigenvalue weighted by atomic mass is 10.1. The smallest absolute Gasteiger partial charge is 0.216 e. The van der Waals surface area contributed by atoms with Crippen molar-refractivity contribution in [1.29, 1.82) is 0 Å². The van der Waals surface area contributed by atoms with Crippen molar-refractivity contribution in [2.75, 3.05) is 13.7 Å². The van der Waals surface area contributed by atoms with Crippen molar-refractivity contribution < 1.29 is 4.74 Å². The summed E-state index contributed by atoms with van der Waals surface area (Å²) in [6, 6.07) is 2.18. The molecule has 1 atom stereocenters. The van der Waals surface area contributed by atoms with E-state index in [1.165, 1.54) is 6.33 Å². The standard InChI is InChI=1S/C14H22N6O/c1-5-15-11(12-7-14(21-4)18-8-16-12)6-13-17-9-19-20(13)10(2)3/h7-11,15H,5-6H2,1-4H3. The van der Waals surface area contributed by atoms with E-state index in [2.05, 4.69) is 46.1 Å². The fourth-order valence-electron chi connectivity index (χ4n) is 2.22. The maximum absolute atomic E-state index is 5.17. The van der Waals surface area contributed by atoms with Gasteiger partial charge in [-0.3, -0.25) is 0 Å². The van der Waals surface area contributed by atoms with Crippen molar-refractivity contribution in [3.8, 4) is 5.88 Å². The van der Waals surface area contributed by atoms with Crippen LogP contribution in [0.25, 0.3) is 0 Å².